The van der Waals surface area contributed by atoms with Crippen LogP contribution >= 0.6 is 15.9 Å². The molecule has 0 aromatic heterocycles. The molecular weight excluding hydrogens is 246 g/mol. The fraction of sp³-hybridized carbons (Fsp3) is 0.900. The maximum atomic E-state index is 11.5. The molecule has 0 aromatic rings. The summed E-state index contributed by atoms with van der Waals surface area (Å²) in [4.78, 5) is 13.4. The van der Waals surface area contributed by atoms with Gasteiger partial charge in [-0.3, -0.25) is 4.79 Å². The summed E-state index contributed by atoms with van der Waals surface area (Å²) in [5.74, 6) is 0.806. The van der Waals surface area contributed by atoms with Gasteiger partial charge in [0.2, 0.25) is 5.91 Å². The van der Waals surface area contributed by atoms with E-state index in [0.29, 0.717) is 18.2 Å². The number of ether oxygens (including phenoxy) is 1. The van der Waals surface area contributed by atoms with Crippen LogP contribution in [-0.4, -0.2) is 42.4 Å². The minimum absolute atomic E-state index is 0.297. The van der Waals surface area contributed by atoms with Crippen molar-refractivity contribution in [2.45, 2.75) is 19.8 Å². The summed E-state index contributed by atoms with van der Waals surface area (Å²) >= 11 is 3.42. The van der Waals surface area contributed by atoms with Crippen LogP contribution in [-0.2, 0) is 9.53 Å². The monoisotopic (exact) mass is 263 g/mol. The lowest BCUT2D eigenvalue weighted by Crippen LogP contribution is -2.27. The first-order chi connectivity index (χ1) is 6.77. The van der Waals surface area contributed by atoms with Crippen molar-refractivity contribution in [3.63, 3.8) is 0 Å². The lowest BCUT2D eigenvalue weighted by atomic mass is 10.2. The van der Waals surface area contributed by atoms with Crippen molar-refractivity contribution in [2.24, 2.45) is 5.92 Å². The highest BCUT2D eigenvalue weighted by Crippen LogP contribution is 2.19. The van der Waals surface area contributed by atoms with Crippen molar-refractivity contribution < 1.29 is 9.53 Å². The van der Waals surface area contributed by atoms with Gasteiger partial charge in [0.05, 0.1) is 0 Å². The van der Waals surface area contributed by atoms with E-state index in [1.54, 1.807) is 0 Å². The quantitative estimate of drug-likeness (QED) is 0.539. The van der Waals surface area contributed by atoms with Crippen LogP contribution in [0.25, 0.3) is 0 Å². The minimum Gasteiger partial charge on any atom is -0.382 e. The Morgan fingerprint density at radius 3 is 3.00 bits per heavy atom. The van der Waals surface area contributed by atoms with Gasteiger partial charge < -0.3 is 9.64 Å². The third kappa shape index (κ3) is 3.58. The molecule has 1 aliphatic rings. The molecule has 1 amide bonds. The maximum Gasteiger partial charge on any atom is 0.222 e. The first-order valence-electron chi connectivity index (χ1n) is 5.19. The number of likely N-dealkylation sites (tertiary alicyclic amines) is 1. The number of hydrogen-bond acceptors (Lipinski definition) is 2. The zero-order valence-corrected chi connectivity index (χ0v) is 10.3. The van der Waals surface area contributed by atoms with E-state index in [4.69, 9.17) is 4.74 Å². The van der Waals surface area contributed by atoms with Crippen LogP contribution in [0.1, 0.15) is 19.8 Å². The first-order valence-corrected chi connectivity index (χ1v) is 6.31. The number of carbonyl (C=O) groups is 1. The molecule has 0 radical (unpaired) electrons. The molecule has 1 unspecified atom stereocenters. The zero-order chi connectivity index (χ0) is 10.4. The number of nitrogens with zero attached hydrogens (tertiary/aromatic N) is 1. The Hall–Kier alpha value is -0.0900. The van der Waals surface area contributed by atoms with Crippen molar-refractivity contribution in [3.05, 3.63) is 0 Å². The van der Waals surface area contributed by atoms with E-state index in [0.717, 1.165) is 38.1 Å². The standard InChI is InChI=1S/C10H18BrNO2/c1-2-14-5-3-4-12-8-9(7-11)6-10(12)13/h9H,2-8H2,1H3. The fourth-order valence-corrected chi connectivity index (χ4v) is 2.11. The van der Waals surface area contributed by atoms with E-state index in [1.165, 1.54) is 0 Å². The SMILES string of the molecule is CCOCCCN1CC(CBr)CC1=O. The van der Waals surface area contributed by atoms with Crippen LogP contribution in [0.3, 0.4) is 0 Å². The Balaban J connectivity index is 2.15. The van der Waals surface area contributed by atoms with E-state index < -0.39 is 0 Å². The molecular formula is C10H18BrNO2. The number of rotatable bonds is 6. The molecule has 0 spiro atoms. The summed E-state index contributed by atoms with van der Waals surface area (Å²) < 4.78 is 5.23. The molecule has 0 N–H and O–H groups in total. The van der Waals surface area contributed by atoms with Crippen LogP contribution in [0, 0.1) is 5.92 Å². The third-order valence-corrected chi connectivity index (χ3v) is 3.35. The van der Waals surface area contributed by atoms with Crippen molar-refractivity contribution in [1.29, 1.82) is 0 Å². The third-order valence-electron chi connectivity index (χ3n) is 2.43. The van der Waals surface area contributed by atoms with E-state index in [1.807, 2.05) is 11.8 Å². The highest BCUT2D eigenvalue weighted by Gasteiger charge is 2.27. The Bertz CT molecular complexity index is 187. The van der Waals surface area contributed by atoms with Gasteiger partial charge in [0.1, 0.15) is 0 Å². The molecule has 0 bridgehead atoms. The summed E-state index contributed by atoms with van der Waals surface area (Å²) in [7, 11) is 0. The van der Waals surface area contributed by atoms with Crippen molar-refractivity contribution in [2.75, 3.05) is 31.6 Å². The predicted molar refractivity (Wildman–Crippen MR) is 59.6 cm³/mol. The van der Waals surface area contributed by atoms with Gasteiger partial charge in [0, 0.05) is 38.1 Å². The average Bonchev–Trinajstić information content (AvgIpc) is 2.54. The number of halogens is 1. The Morgan fingerprint density at radius 2 is 2.43 bits per heavy atom. The lowest BCUT2D eigenvalue weighted by Gasteiger charge is -2.15. The summed E-state index contributed by atoms with van der Waals surface area (Å²) in [6.45, 7) is 5.28. The van der Waals surface area contributed by atoms with E-state index in [9.17, 15) is 4.79 Å². The smallest absolute Gasteiger partial charge is 0.222 e. The van der Waals surface area contributed by atoms with Crippen molar-refractivity contribution in [1.82, 2.24) is 4.90 Å². The van der Waals surface area contributed by atoms with Gasteiger partial charge >= 0.3 is 0 Å². The summed E-state index contributed by atoms with van der Waals surface area (Å²) in [5.41, 5.74) is 0. The largest absolute Gasteiger partial charge is 0.382 e. The lowest BCUT2D eigenvalue weighted by molar-refractivity contribution is -0.127. The number of amides is 1. The summed E-state index contributed by atoms with van der Waals surface area (Å²) in [6, 6.07) is 0. The molecule has 1 rings (SSSR count). The molecule has 1 fully saturated rings. The molecule has 3 nitrogen and oxygen atoms in total. The normalized spacial score (nSPS) is 22.0. The molecule has 4 heteroatoms. The molecule has 0 saturated carbocycles. The highest BCUT2D eigenvalue weighted by atomic mass is 79.9. The maximum absolute atomic E-state index is 11.5. The van der Waals surface area contributed by atoms with Crippen LogP contribution in [0.2, 0.25) is 0 Å². The Kier molecular flexibility index (Phi) is 5.48. The van der Waals surface area contributed by atoms with Crippen molar-refractivity contribution >= 4 is 21.8 Å². The highest BCUT2D eigenvalue weighted by molar-refractivity contribution is 9.09. The Morgan fingerprint density at radius 1 is 1.64 bits per heavy atom. The fourth-order valence-electron chi connectivity index (χ4n) is 1.68. The van der Waals surface area contributed by atoms with Gasteiger partial charge in [-0.1, -0.05) is 15.9 Å². The van der Waals surface area contributed by atoms with Gasteiger partial charge in [0.25, 0.3) is 0 Å². The molecule has 1 aliphatic heterocycles. The number of alkyl halides is 1. The van der Waals surface area contributed by atoms with Gasteiger partial charge in [-0.2, -0.15) is 0 Å². The summed E-state index contributed by atoms with van der Waals surface area (Å²) in [6.07, 6.45) is 1.66. The van der Waals surface area contributed by atoms with Gasteiger partial charge in [-0.05, 0) is 19.3 Å². The second kappa shape index (κ2) is 6.40. The van der Waals surface area contributed by atoms with Crippen LogP contribution in [0.15, 0.2) is 0 Å². The predicted octanol–water partition coefficient (Wildman–Crippen LogP) is 1.66. The molecule has 1 heterocycles. The number of hydrogen-bond donors (Lipinski definition) is 0. The van der Waals surface area contributed by atoms with Crippen LogP contribution < -0.4 is 0 Å². The molecule has 0 aromatic carbocycles. The molecule has 0 aliphatic carbocycles. The average molecular weight is 264 g/mol. The van der Waals surface area contributed by atoms with E-state index in [2.05, 4.69) is 15.9 Å². The first kappa shape index (κ1) is 12.0. The second-order valence-electron chi connectivity index (χ2n) is 3.61. The van der Waals surface area contributed by atoms with E-state index >= 15 is 0 Å². The summed E-state index contributed by atoms with van der Waals surface area (Å²) in [5, 5.41) is 0.931. The number of carbonyl (C=O) groups excluding carboxylic acids is 1. The van der Waals surface area contributed by atoms with Crippen molar-refractivity contribution in [3.8, 4) is 0 Å². The van der Waals surface area contributed by atoms with E-state index in [-0.39, 0.29) is 0 Å². The van der Waals surface area contributed by atoms with Crippen LogP contribution in [0.5, 0.6) is 0 Å². The van der Waals surface area contributed by atoms with Gasteiger partial charge in [0.15, 0.2) is 0 Å². The topological polar surface area (TPSA) is 29.5 Å². The van der Waals surface area contributed by atoms with Gasteiger partial charge in [-0.15, -0.1) is 0 Å². The molecule has 1 atom stereocenters. The molecule has 14 heavy (non-hydrogen) atoms. The molecule has 1 saturated heterocycles. The minimum atomic E-state index is 0.297. The second-order valence-corrected chi connectivity index (χ2v) is 4.26. The zero-order valence-electron chi connectivity index (χ0n) is 8.67. The van der Waals surface area contributed by atoms with Crippen LogP contribution in [0.4, 0.5) is 0 Å². The Labute approximate surface area is 93.9 Å². The van der Waals surface area contributed by atoms with Gasteiger partial charge in [-0.25, -0.2) is 0 Å². The molecule has 82 valence electrons.